The van der Waals surface area contributed by atoms with Crippen molar-refractivity contribution >= 4 is 73.7 Å². The Morgan fingerprint density at radius 3 is 1.50 bits per heavy atom. The van der Waals surface area contributed by atoms with Crippen LogP contribution in [0.4, 0.5) is 0 Å². The molecule has 0 saturated heterocycles. The fourth-order valence-electron chi connectivity index (χ4n) is 0. The van der Waals surface area contributed by atoms with Crippen molar-refractivity contribution in [1.29, 1.82) is 0 Å². The molecule has 0 fully saturated rings. The van der Waals surface area contributed by atoms with Gasteiger partial charge in [-0.1, -0.05) is 0 Å². The number of carboxylic acid groups (broad SMARTS) is 1. The van der Waals surface area contributed by atoms with Gasteiger partial charge in [0, 0.05) is 49.4 Å². The van der Waals surface area contributed by atoms with Gasteiger partial charge in [0.25, 0.3) is 0 Å². The van der Waals surface area contributed by atoms with Crippen molar-refractivity contribution in [3.8, 4) is 0 Å². The van der Waals surface area contributed by atoms with E-state index in [1.807, 2.05) is 67.8 Å². The molecule has 0 aliphatic carbocycles. The van der Waals surface area contributed by atoms with Gasteiger partial charge < -0.3 is 5.11 Å². The Balaban J connectivity index is 0. The third-order valence-electron chi connectivity index (χ3n) is 0.243. The number of hydrogen-bond acceptors (Lipinski definition) is 1. The van der Waals surface area contributed by atoms with E-state index in [0.29, 0.717) is 0 Å². The minimum Gasteiger partial charge on any atom is -0.479 e. The van der Waals surface area contributed by atoms with E-state index in [9.17, 15) is 4.79 Å². The van der Waals surface area contributed by atoms with E-state index in [4.69, 9.17) is 5.11 Å². The summed E-state index contributed by atoms with van der Waals surface area (Å²) in [7, 11) is 0. The number of carbonyl (C=O) groups is 1. The molecule has 0 rings (SSSR count). The Kier molecular flexibility index (Phi) is 10.1. The Hall–Kier alpha value is 3.24. The Bertz CT molecular complexity index is 87.8. The normalized spacial score (nSPS) is 9.88. The number of carboxylic acids is 1. The second-order valence-corrected chi connectivity index (χ2v) is 11.8. The van der Waals surface area contributed by atoms with Gasteiger partial charge in [0.15, 0.2) is 0 Å². The van der Waals surface area contributed by atoms with E-state index in [0.717, 1.165) is 0 Å². The molecule has 0 atom stereocenters. The van der Waals surface area contributed by atoms with E-state index in [2.05, 4.69) is 0 Å². The van der Waals surface area contributed by atoms with Crippen LogP contribution >= 0.6 is 67.8 Å². The number of halogens is 3. The topological polar surface area (TPSA) is 37.3 Å². The summed E-state index contributed by atoms with van der Waals surface area (Å²) in [4.78, 5) is 10.00. The molecule has 6 heteroatoms. The summed E-state index contributed by atoms with van der Waals surface area (Å²) < 4.78 is -0.673. The largest absolute Gasteiger partial charge is 0.479 e. The van der Waals surface area contributed by atoms with Crippen molar-refractivity contribution in [2.75, 3.05) is 0 Å². The second kappa shape index (κ2) is 5.84. The molecule has 0 aromatic heterocycles. The Morgan fingerprint density at radius 2 is 1.50 bits per heavy atom. The molecule has 0 saturated carbocycles. The number of rotatable bonds is 1. The van der Waals surface area contributed by atoms with Crippen molar-refractivity contribution in [1.82, 2.24) is 0 Å². The van der Waals surface area contributed by atoms with E-state index < -0.39 is 5.40 Å². The predicted molar refractivity (Wildman–Crippen MR) is 52.4 cm³/mol. The third kappa shape index (κ3) is 7.35. The molecule has 0 aromatic carbocycles. The molecule has 0 aliphatic heterocycles. The summed E-state index contributed by atoms with van der Waals surface area (Å²) in [6.07, 6.45) is 0. The summed E-state index contributed by atoms with van der Waals surface area (Å²) in [5.41, 5.74) is 0. The molecule has 2 nitrogen and oxygen atoms in total. The summed E-state index contributed by atoms with van der Waals surface area (Å²) in [5.74, 6) is -0.797. The van der Waals surface area contributed by atoms with E-state index >= 15 is 0 Å². The smallest absolute Gasteiger partial charge is 0.339 e. The van der Waals surface area contributed by atoms with Crippen LogP contribution in [0.3, 0.4) is 0 Å². The summed E-state index contributed by atoms with van der Waals surface area (Å²) >= 11 is 5.52. The molecule has 0 amide bonds. The minimum atomic E-state index is -0.797. The second-order valence-electron chi connectivity index (χ2n) is 0.803. The van der Waals surface area contributed by atoms with Gasteiger partial charge in [-0.05, 0) is 67.8 Å². The molecule has 49 valence electrons. The first-order chi connectivity index (χ1) is 2.94. The van der Waals surface area contributed by atoms with Crippen molar-refractivity contribution in [3.05, 3.63) is 0 Å². The predicted octanol–water partition coefficient (Wildman–Crippen LogP) is 2.03. The van der Waals surface area contributed by atoms with E-state index in [1.165, 1.54) is 0 Å². The zero-order valence-electron chi connectivity index (χ0n) is 3.37. The fraction of sp³-hybridized carbons (Fsp3) is 0.500. The molecule has 0 aliphatic rings. The van der Waals surface area contributed by atoms with Gasteiger partial charge >= 0.3 is 5.97 Å². The molecule has 0 bridgehead atoms. The van der Waals surface area contributed by atoms with Gasteiger partial charge in [-0.25, -0.2) is 4.79 Å². The molecule has 0 aromatic rings. The van der Waals surface area contributed by atoms with Crippen molar-refractivity contribution in [3.63, 3.8) is 0 Å². The summed E-state index contributed by atoms with van der Waals surface area (Å²) in [6, 6.07) is 0. The van der Waals surface area contributed by atoms with E-state index in [-0.39, 0.29) is 49.4 Å². The number of alkyl halides is 3. The van der Waals surface area contributed by atoms with Crippen LogP contribution in [0, 0.1) is 49.4 Å². The van der Waals surface area contributed by atoms with Crippen molar-refractivity contribution in [2.24, 2.45) is 0 Å². The maximum absolute atomic E-state index is 10.00. The molecule has 8 heavy (non-hydrogen) atoms. The maximum atomic E-state index is 10.00. The molecule has 0 spiro atoms. The minimum absolute atomic E-state index is 0. The standard InChI is InChI=1S/C2HI3O2.Eu/c3-2(4,5)1(6)7;/h(H,6,7);. The van der Waals surface area contributed by atoms with Crippen LogP contribution in [0.1, 0.15) is 0 Å². The van der Waals surface area contributed by atoms with Crippen LogP contribution < -0.4 is 0 Å². The van der Waals surface area contributed by atoms with Gasteiger partial charge in [0.1, 0.15) is 0 Å². The van der Waals surface area contributed by atoms with Crippen LogP contribution in [0.25, 0.3) is 0 Å². The average Bonchev–Trinajstić information content (AvgIpc) is 1.31. The summed E-state index contributed by atoms with van der Waals surface area (Å²) in [5, 5.41) is 8.23. The molecular weight excluding hydrogens is 589 g/mol. The van der Waals surface area contributed by atoms with E-state index in [1.54, 1.807) is 0 Å². The molecule has 1 radical (unpaired) electrons. The molecule has 1 N–H and O–H groups in total. The zero-order valence-corrected chi connectivity index (χ0v) is 12.3. The fourth-order valence-corrected chi connectivity index (χ4v) is 0. The van der Waals surface area contributed by atoms with Crippen molar-refractivity contribution < 1.29 is 59.3 Å². The van der Waals surface area contributed by atoms with Crippen LogP contribution in [0.2, 0.25) is 0 Å². The SMILES string of the molecule is O=C(O)C(I)(I)I.[Eu]. The zero-order chi connectivity index (χ0) is 6.08. The third-order valence-corrected chi connectivity index (χ3v) is 1.63. The Labute approximate surface area is 129 Å². The molecule has 0 heterocycles. The first kappa shape index (κ1) is 13.8. The van der Waals surface area contributed by atoms with Gasteiger partial charge in [-0.2, -0.15) is 0 Å². The van der Waals surface area contributed by atoms with Crippen molar-refractivity contribution in [2.45, 2.75) is -0.565 Å². The summed E-state index contributed by atoms with van der Waals surface area (Å²) in [6.45, 7) is 0. The monoisotopic (exact) mass is 591 g/mol. The van der Waals surface area contributed by atoms with Gasteiger partial charge in [0.05, 0.1) is 0 Å². The van der Waals surface area contributed by atoms with Gasteiger partial charge in [-0.15, -0.1) is 0 Å². The van der Waals surface area contributed by atoms with Crippen LogP contribution in [0.5, 0.6) is 0 Å². The number of hydrogen-bond donors (Lipinski definition) is 1. The van der Waals surface area contributed by atoms with Gasteiger partial charge in [0.2, 0.25) is -0.565 Å². The average molecular weight is 590 g/mol. The van der Waals surface area contributed by atoms with Crippen LogP contribution in [0.15, 0.2) is 0 Å². The van der Waals surface area contributed by atoms with Crippen LogP contribution in [-0.4, -0.2) is 10.5 Å². The number of aliphatic carboxylic acids is 1. The Morgan fingerprint density at radius 1 is 1.38 bits per heavy atom. The van der Waals surface area contributed by atoms with Crippen LogP contribution in [-0.2, 0) is 4.79 Å². The quantitative estimate of drug-likeness (QED) is 0.376. The molecular formula is C2HEuI3O2. The first-order valence-electron chi connectivity index (χ1n) is 1.24. The van der Waals surface area contributed by atoms with Gasteiger partial charge in [-0.3, -0.25) is 0 Å². The molecule has 0 unspecified atom stereocenters. The maximum Gasteiger partial charge on any atom is 0.339 e. The first-order valence-corrected chi connectivity index (χ1v) is 4.48.